The maximum absolute atomic E-state index is 2.29. The highest BCUT2D eigenvalue weighted by Crippen LogP contribution is 2.36. The fraction of sp³-hybridized carbons (Fsp3) is 0.158. The molecule has 0 amide bonds. The van der Waals surface area contributed by atoms with Crippen molar-refractivity contribution in [1.29, 1.82) is 0 Å². The Morgan fingerprint density at radius 2 is 1.75 bits per heavy atom. The molecule has 2 aromatic carbocycles. The molecule has 0 saturated carbocycles. The molecular formula is C19H18S. The van der Waals surface area contributed by atoms with Crippen LogP contribution in [0.2, 0.25) is 0 Å². The van der Waals surface area contributed by atoms with Crippen molar-refractivity contribution in [2.24, 2.45) is 0 Å². The van der Waals surface area contributed by atoms with E-state index in [4.69, 9.17) is 0 Å². The number of benzene rings is 2. The maximum Gasteiger partial charge on any atom is 0.0312 e. The molecule has 20 heavy (non-hydrogen) atoms. The van der Waals surface area contributed by atoms with Crippen LogP contribution >= 0.6 is 11.8 Å². The molecule has 1 aliphatic rings. The summed E-state index contributed by atoms with van der Waals surface area (Å²) in [6.45, 7) is 2.13. The van der Waals surface area contributed by atoms with Crippen LogP contribution in [0.25, 0.3) is 11.1 Å². The molecule has 0 heterocycles. The van der Waals surface area contributed by atoms with Crippen LogP contribution in [0, 0.1) is 6.92 Å². The van der Waals surface area contributed by atoms with E-state index in [1.54, 1.807) is 0 Å². The second kappa shape index (κ2) is 6.15. The predicted octanol–water partition coefficient (Wildman–Crippen LogP) is 5.64. The van der Waals surface area contributed by atoms with Crippen LogP contribution in [-0.4, -0.2) is 5.25 Å². The van der Waals surface area contributed by atoms with Gasteiger partial charge in [-0.25, -0.2) is 0 Å². The van der Waals surface area contributed by atoms with Gasteiger partial charge in [-0.2, -0.15) is 0 Å². The first-order valence-corrected chi connectivity index (χ1v) is 7.87. The van der Waals surface area contributed by atoms with Crippen molar-refractivity contribution in [3.63, 3.8) is 0 Å². The van der Waals surface area contributed by atoms with E-state index in [0.29, 0.717) is 5.25 Å². The molecule has 1 atom stereocenters. The summed E-state index contributed by atoms with van der Waals surface area (Å²) in [5.41, 5.74) is 3.94. The quantitative estimate of drug-likeness (QED) is 0.700. The molecule has 3 rings (SSSR count). The fourth-order valence-electron chi connectivity index (χ4n) is 2.35. The van der Waals surface area contributed by atoms with Gasteiger partial charge in [0.15, 0.2) is 0 Å². The third-order valence-electron chi connectivity index (χ3n) is 3.47. The largest absolute Gasteiger partial charge is 0.118 e. The second-order valence-electron chi connectivity index (χ2n) is 5.07. The van der Waals surface area contributed by atoms with Crippen LogP contribution < -0.4 is 0 Å². The Labute approximate surface area is 125 Å². The first-order valence-electron chi connectivity index (χ1n) is 6.99. The molecule has 1 unspecified atom stereocenters. The van der Waals surface area contributed by atoms with Crippen LogP contribution in [-0.2, 0) is 0 Å². The van der Waals surface area contributed by atoms with Crippen molar-refractivity contribution in [3.05, 3.63) is 78.4 Å². The summed E-state index contributed by atoms with van der Waals surface area (Å²) in [6.07, 6.45) is 9.92. The number of thioether (sulfide) groups is 1. The molecule has 100 valence electrons. The van der Waals surface area contributed by atoms with E-state index >= 15 is 0 Å². The molecule has 0 radical (unpaired) electrons. The Balaban J connectivity index is 1.89. The normalized spacial score (nSPS) is 17.4. The predicted molar refractivity (Wildman–Crippen MR) is 89.2 cm³/mol. The Hall–Kier alpha value is -1.73. The van der Waals surface area contributed by atoms with Crippen LogP contribution in [0.15, 0.2) is 77.7 Å². The summed E-state index contributed by atoms with van der Waals surface area (Å²) in [6, 6.07) is 17.5. The fourth-order valence-corrected chi connectivity index (χ4v) is 3.52. The van der Waals surface area contributed by atoms with E-state index in [-0.39, 0.29) is 0 Å². The highest BCUT2D eigenvalue weighted by Gasteiger charge is 2.11. The lowest BCUT2D eigenvalue weighted by atomic mass is 10.0. The Morgan fingerprint density at radius 3 is 2.50 bits per heavy atom. The van der Waals surface area contributed by atoms with E-state index < -0.39 is 0 Å². The monoisotopic (exact) mass is 278 g/mol. The smallest absolute Gasteiger partial charge is 0.0312 e. The summed E-state index contributed by atoms with van der Waals surface area (Å²) in [4.78, 5) is 1.36. The molecule has 0 N–H and O–H groups in total. The number of allylic oxidation sites excluding steroid dienone is 3. The Kier molecular flexibility index (Phi) is 4.08. The second-order valence-corrected chi connectivity index (χ2v) is 6.35. The van der Waals surface area contributed by atoms with E-state index in [9.17, 15) is 0 Å². The summed E-state index contributed by atoms with van der Waals surface area (Å²) in [7, 11) is 0. The molecule has 0 saturated heterocycles. The molecule has 0 spiro atoms. The molecule has 0 aliphatic heterocycles. The van der Waals surface area contributed by atoms with Gasteiger partial charge in [-0.1, -0.05) is 72.3 Å². The van der Waals surface area contributed by atoms with Gasteiger partial charge in [0, 0.05) is 10.1 Å². The van der Waals surface area contributed by atoms with Gasteiger partial charge < -0.3 is 0 Å². The number of aryl methyl sites for hydroxylation is 1. The SMILES string of the molecule is Cc1ccc(-c2ccccc2SC2C=CC=CC2)cc1. The van der Waals surface area contributed by atoms with Gasteiger partial charge in [-0.15, -0.1) is 11.8 Å². The standard InChI is InChI=1S/C19H18S/c1-15-11-13-16(14-12-15)18-9-5-6-10-19(18)20-17-7-3-2-4-8-17/h2-7,9-14,17H,8H2,1H3. The summed E-state index contributed by atoms with van der Waals surface area (Å²) in [5, 5.41) is 0.548. The van der Waals surface area contributed by atoms with Gasteiger partial charge in [-0.05, 0) is 30.5 Å². The maximum atomic E-state index is 2.29. The molecule has 1 aliphatic carbocycles. The van der Waals surface area contributed by atoms with Crippen LogP contribution in [0.3, 0.4) is 0 Å². The van der Waals surface area contributed by atoms with Crippen LogP contribution in [0.4, 0.5) is 0 Å². The van der Waals surface area contributed by atoms with Gasteiger partial charge in [0.2, 0.25) is 0 Å². The van der Waals surface area contributed by atoms with Gasteiger partial charge in [0.1, 0.15) is 0 Å². The van der Waals surface area contributed by atoms with E-state index in [1.165, 1.54) is 21.6 Å². The zero-order valence-electron chi connectivity index (χ0n) is 11.6. The summed E-state index contributed by atoms with van der Waals surface area (Å²) >= 11 is 1.95. The minimum Gasteiger partial charge on any atom is -0.118 e. The third-order valence-corrected chi connectivity index (χ3v) is 4.73. The lowest BCUT2D eigenvalue weighted by Crippen LogP contribution is -1.99. The molecule has 0 bridgehead atoms. The molecule has 2 aromatic rings. The van der Waals surface area contributed by atoms with E-state index in [0.717, 1.165) is 6.42 Å². The minimum atomic E-state index is 0.548. The lowest BCUT2D eigenvalue weighted by Gasteiger charge is -2.15. The van der Waals surface area contributed by atoms with Gasteiger partial charge in [0.25, 0.3) is 0 Å². The summed E-state index contributed by atoms with van der Waals surface area (Å²) in [5.74, 6) is 0. The molecule has 0 fully saturated rings. The third kappa shape index (κ3) is 3.05. The average Bonchev–Trinajstić information content (AvgIpc) is 2.50. The van der Waals surface area contributed by atoms with Crippen molar-refractivity contribution in [1.82, 2.24) is 0 Å². The van der Waals surface area contributed by atoms with Crippen molar-refractivity contribution >= 4 is 11.8 Å². The van der Waals surface area contributed by atoms with Gasteiger partial charge in [-0.3, -0.25) is 0 Å². The number of hydrogen-bond donors (Lipinski definition) is 0. The van der Waals surface area contributed by atoms with Crippen molar-refractivity contribution in [3.8, 4) is 11.1 Å². The number of hydrogen-bond acceptors (Lipinski definition) is 1. The lowest BCUT2D eigenvalue weighted by molar-refractivity contribution is 1.05. The Morgan fingerprint density at radius 1 is 0.950 bits per heavy atom. The first kappa shape index (κ1) is 13.3. The molecule has 0 aromatic heterocycles. The Bertz CT molecular complexity index is 635. The minimum absolute atomic E-state index is 0.548. The molecule has 0 nitrogen and oxygen atoms in total. The highest BCUT2D eigenvalue weighted by molar-refractivity contribution is 8.00. The highest BCUT2D eigenvalue weighted by atomic mass is 32.2. The first-order chi connectivity index (χ1) is 9.83. The average molecular weight is 278 g/mol. The van der Waals surface area contributed by atoms with Crippen molar-refractivity contribution in [2.45, 2.75) is 23.5 Å². The van der Waals surface area contributed by atoms with Crippen LogP contribution in [0.5, 0.6) is 0 Å². The molecule has 1 heteroatoms. The van der Waals surface area contributed by atoms with E-state index in [1.807, 2.05) is 11.8 Å². The van der Waals surface area contributed by atoms with Crippen molar-refractivity contribution in [2.75, 3.05) is 0 Å². The van der Waals surface area contributed by atoms with E-state index in [2.05, 4.69) is 79.8 Å². The summed E-state index contributed by atoms with van der Waals surface area (Å²) < 4.78 is 0. The zero-order chi connectivity index (χ0) is 13.8. The van der Waals surface area contributed by atoms with Crippen molar-refractivity contribution < 1.29 is 0 Å². The van der Waals surface area contributed by atoms with Gasteiger partial charge in [0.05, 0.1) is 0 Å². The van der Waals surface area contributed by atoms with Crippen LogP contribution in [0.1, 0.15) is 12.0 Å². The topological polar surface area (TPSA) is 0 Å². The van der Waals surface area contributed by atoms with Gasteiger partial charge >= 0.3 is 0 Å². The molecular weight excluding hydrogens is 260 g/mol. The number of rotatable bonds is 3. The zero-order valence-corrected chi connectivity index (χ0v) is 12.4.